The molecule has 0 saturated carbocycles. The predicted molar refractivity (Wildman–Crippen MR) is 135 cm³/mol. The first-order chi connectivity index (χ1) is 17.2. The van der Waals surface area contributed by atoms with Gasteiger partial charge in [-0.15, -0.1) is 0 Å². The maximum atomic E-state index is 12.6. The second-order valence-corrected chi connectivity index (χ2v) is 7.89. The number of fused-ring (bicyclic) bond motifs is 1. The zero-order valence-corrected chi connectivity index (χ0v) is 18.7. The van der Waals surface area contributed by atoms with Crippen LogP contribution in [-0.4, -0.2) is 27.4 Å². The van der Waals surface area contributed by atoms with Crippen LogP contribution in [-0.2, 0) is 6.61 Å². The Morgan fingerprint density at radius 1 is 0.971 bits per heavy atom. The first-order valence-electron chi connectivity index (χ1n) is 11.0. The quantitative estimate of drug-likeness (QED) is 0.226. The lowest BCUT2D eigenvalue weighted by molar-refractivity contribution is 0.0950. The molecular weight excluding hydrogens is 440 g/mol. The molecule has 5 aromatic rings. The molecule has 0 aliphatic rings. The summed E-state index contributed by atoms with van der Waals surface area (Å²) in [5.41, 5.74) is 5.77. The molecule has 0 radical (unpaired) electrons. The number of nitrogens with zero attached hydrogens (tertiary/aromatic N) is 2. The molecule has 172 valence electrons. The Bertz CT molecular complexity index is 1510. The van der Waals surface area contributed by atoms with Crippen molar-refractivity contribution in [2.45, 2.75) is 6.61 Å². The Hall–Kier alpha value is -4.91. The summed E-state index contributed by atoms with van der Waals surface area (Å²) in [6, 6.07) is 30.2. The van der Waals surface area contributed by atoms with Crippen molar-refractivity contribution >= 4 is 22.9 Å². The first-order valence-corrected chi connectivity index (χ1v) is 11.0. The number of phenols is 1. The molecule has 0 unspecified atom stereocenters. The molecular formula is C28H22N4O3. The molecule has 0 aliphatic heterocycles. The first kappa shape index (κ1) is 21.9. The van der Waals surface area contributed by atoms with Crippen LogP contribution in [0.25, 0.3) is 22.0 Å². The fraction of sp³-hybridized carbons (Fsp3) is 0.0357. The van der Waals surface area contributed by atoms with Gasteiger partial charge in [0.1, 0.15) is 23.8 Å². The zero-order chi connectivity index (χ0) is 24.0. The Morgan fingerprint density at radius 2 is 1.80 bits per heavy atom. The smallest absolute Gasteiger partial charge is 0.289 e. The average molecular weight is 463 g/mol. The highest BCUT2D eigenvalue weighted by atomic mass is 16.5. The minimum atomic E-state index is -0.448. The van der Waals surface area contributed by atoms with E-state index in [9.17, 15) is 9.90 Å². The lowest BCUT2D eigenvalue weighted by atomic mass is 10.0. The number of hydrogen-bond donors (Lipinski definition) is 3. The molecule has 4 aromatic carbocycles. The Morgan fingerprint density at radius 3 is 2.69 bits per heavy atom. The molecule has 35 heavy (non-hydrogen) atoms. The van der Waals surface area contributed by atoms with Crippen molar-refractivity contribution < 1.29 is 14.6 Å². The summed E-state index contributed by atoms with van der Waals surface area (Å²) in [5, 5.41) is 23.0. The van der Waals surface area contributed by atoms with Crippen LogP contribution in [0.15, 0.2) is 102 Å². The number of hydrogen-bond acceptors (Lipinski definition) is 5. The van der Waals surface area contributed by atoms with Gasteiger partial charge < -0.3 is 9.84 Å². The largest absolute Gasteiger partial charge is 0.507 e. The van der Waals surface area contributed by atoms with Gasteiger partial charge in [0.2, 0.25) is 0 Å². The third-order valence-corrected chi connectivity index (χ3v) is 5.51. The van der Waals surface area contributed by atoms with Crippen molar-refractivity contribution in [1.82, 2.24) is 15.6 Å². The number of phenolic OH excluding ortho intramolecular Hbond substituents is 1. The van der Waals surface area contributed by atoms with Crippen LogP contribution in [0.2, 0.25) is 0 Å². The zero-order valence-electron chi connectivity index (χ0n) is 18.7. The lowest BCUT2D eigenvalue weighted by Crippen LogP contribution is -2.18. The van der Waals surface area contributed by atoms with Crippen LogP contribution in [0.1, 0.15) is 21.6 Å². The molecule has 0 bridgehead atoms. The molecule has 3 N–H and O–H groups in total. The van der Waals surface area contributed by atoms with E-state index in [0.29, 0.717) is 23.6 Å². The molecule has 0 atom stereocenters. The molecule has 0 spiro atoms. The summed E-state index contributed by atoms with van der Waals surface area (Å²) in [4.78, 5) is 12.6. The van der Waals surface area contributed by atoms with Crippen molar-refractivity contribution in [2.75, 3.05) is 0 Å². The molecule has 1 amide bonds. The van der Waals surface area contributed by atoms with E-state index in [1.807, 2.05) is 84.9 Å². The second-order valence-electron chi connectivity index (χ2n) is 7.89. The third-order valence-electron chi connectivity index (χ3n) is 5.51. The number of amides is 1. The fourth-order valence-electron chi connectivity index (χ4n) is 3.71. The number of carbonyl (C=O) groups is 1. The van der Waals surface area contributed by atoms with Crippen molar-refractivity contribution in [1.29, 1.82) is 0 Å². The topological polar surface area (TPSA) is 99.6 Å². The van der Waals surface area contributed by atoms with Crippen LogP contribution >= 0.6 is 0 Å². The van der Waals surface area contributed by atoms with Gasteiger partial charge in [0.05, 0.1) is 11.9 Å². The summed E-state index contributed by atoms with van der Waals surface area (Å²) >= 11 is 0. The fourth-order valence-corrected chi connectivity index (χ4v) is 3.71. The van der Waals surface area contributed by atoms with Gasteiger partial charge in [-0.25, -0.2) is 5.43 Å². The molecule has 7 heteroatoms. The van der Waals surface area contributed by atoms with Crippen LogP contribution < -0.4 is 10.2 Å². The van der Waals surface area contributed by atoms with Crippen molar-refractivity contribution in [3.8, 4) is 22.8 Å². The van der Waals surface area contributed by atoms with E-state index >= 15 is 0 Å². The van der Waals surface area contributed by atoms with Crippen molar-refractivity contribution in [3.63, 3.8) is 0 Å². The minimum Gasteiger partial charge on any atom is -0.507 e. The van der Waals surface area contributed by atoms with Gasteiger partial charge in [-0.3, -0.25) is 9.89 Å². The minimum absolute atomic E-state index is 0.0832. The second kappa shape index (κ2) is 9.93. The number of aromatic hydroxyl groups is 1. The van der Waals surface area contributed by atoms with Gasteiger partial charge in [0.15, 0.2) is 0 Å². The molecule has 0 saturated heterocycles. The number of aromatic nitrogens is 2. The van der Waals surface area contributed by atoms with E-state index in [-0.39, 0.29) is 11.4 Å². The Labute approximate surface area is 201 Å². The summed E-state index contributed by atoms with van der Waals surface area (Å²) in [6.07, 6.45) is 1.43. The van der Waals surface area contributed by atoms with Gasteiger partial charge in [0, 0.05) is 11.1 Å². The molecule has 0 fully saturated rings. The summed E-state index contributed by atoms with van der Waals surface area (Å²) < 4.78 is 5.89. The summed E-state index contributed by atoms with van der Waals surface area (Å²) in [5.74, 6) is 0.343. The van der Waals surface area contributed by atoms with Crippen molar-refractivity contribution in [3.05, 3.63) is 114 Å². The van der Waals surface area contributed by atoms with Crippen molar-refractivity contribution in [2.24, 2.45) is 5.10 Å². The number of benzene rings is 4. The highest BCUT2D eigenvalue weighted by Crippen LogP contribution is 2.26. The maximum absolute atomic E-state index is 12.6. The van der Waals surface area contributed by atoms with Crippen LogP contribution in [0.3, 0.4) is 0 Å². The van der Waals surface area contributed by atoms with E-state index in [4.69, 9.17) is 4.74 Å². The molecule has 1 aromatic heterocycles. The number of rotatable bonds is 7. The number of H-pyrrole nitrogens is 1. The normalized spacial score (nSPS) is 11.1. The predicted octanol–water partition coefficient (Wildman–Crippen LogP) is 5.28. The van der Waals surface area contributed by atoms with E-state index in [1.165, 1.54) is 6.21 Å². The van der Waals surface area contributed by atoms with Crippen LogP contribution in [0, 0.1) is 0 Å². The molecule has 5 rings (SSSR count). The van der Waals surface area contributed by atoms with Gasteiger partial charge in [-0.2, -0.15) is 10.2 Å². The van der Waals surface area contributed by atoms with Gasteiger partial charge in [0.25, 0.3) is 5.91 Å². The number of carbonyl (C=O) groups excluding carboxylic acids is 1. The van der Waals surface area contributed by atoms with Gasteiger partial charge in [-0.1, -0.05) is 72.8 Å². The number of nitrogens with one attached hydrogen (secondary N) is 2. The van der Waals surface area contributed by atoms with E-state index in [0.717, 1.165) is 21.9 Å². The number of hydrazone groups is 1. The summed E-state index contributed by atoms with van der Waals surface area (Å²) in [7, 11) is 0. The lowest BCUT2D eigenvalue weighted by Gasteiger charge is -2.07. The number of ether oxygens (including phenoxy) is 1. The molecule has 7 nitrogen and oxygen atoms in total. The average Bonchev–Trinajstić information content (AvgIpc) is 3.40. The van der Waals surface area contributed by atoms with Crippen LogP contribution in [0.4, 0.5) is 0 Å². The Kier molecular flexibility index (Phi) is 6.21. The standard InChI is InChI=1S/C28H22N4O3/c33-27-14-13-20-9-4-5-12-23(20)24(27)17-29-32-28(34)26-16-25(30-31-26)21-10-6-11-22(15-21)35-18-19-7-2-1-3-8-19/h1-17,33H,18H2,(H,30,31)(H,32,34)/b29-17-. The molecule has 0 aliphatic carbocycles. The monoisotopic (exact) mass is 462 g/mol. The van der Waals surface area contributed by atoms with E-state index in [1.54, 1.807) is 12.1 Å². The van der Waals surface area contributed by atoms with Gasteiger partial charge >= 0.3 is 0 Å². The highest BCUT2D eigenvalue weighted by molar-refractivity contribution is 6.03. The number of aromatic amines is 1. The Balaban J connectivity index is 1.26. The van der Waals surface area contributed by atoms with E-state index in [2.05, 4.69) is 20.7 Å². The maximum Gasteiger partial charge on any atom is 0.289 e. The third kappa shape index (κ3) is 5.04. The molecule has 1 heterocycles. The van der Waals surface area contributed by atoms with Crippen LogP contribution in [0.5, 0.6) is 11.5 Å². The summed E-state index contributed by atoms with van der Waals surface area (Å²) in [6.45, 7) is 0.461. The SMILES string of the molecule is O=C(N/N=C\c1c(O)ccc2ccccc12)c1cc(-c2cccc(OCc3ccccc3)c2)n[nH]1. The highest BCUT2D eigenvalue weighted by Gasteiger charge is 2.12. The van der Waals surface area contributed by atoms with E-state index < -0.39 is 5.91 Å². The van der Waals surface area contributed by atoms with Gasteiger partial charge in [-0.05, 0) is 40.6 Å².